The third kappa shape index (κ3) is 2.47. The normalized spacial score (nSPS) is 24.0. The number of nitrogens with zero attached hydrogens (tertiary/aromatic N) is 2. The Balaban J connectivity index is 1.98. The standard InChI is InChI=1S/C17H24FN3O/c1-17(2,3)21-9-8-11(13(18)10-21)12-6-5-7-14-15(12)20(4)16(22)19-14/h5-7,11,13H,8-10H2,1-4H3,(H,19,22)/t11-,13+/m0/s1. The van der Waals surface area contributed by atoms with Crippen molar-refractivity contribution in [3.8, 4) is 0 Å². The van der Waals surface area contributed by atoms with Crippen molar-refractivity contribution in [3.63, 3.8) is 0 Å². The largest absolute Gasteiger partial charge is 0.326 e. The molecule has 1 N–H and O–H groups in total. The van der Waals surface area contributed by atoms with Crippen molar-refractivity contribution in [1.82, 2.24) is 14.5 Å². The summed E-state index contributed by atoms with van der Waals surface area (Å²) in [5.74, 6) is -0.149. The molecule has 1 fully saturated rings. The molecular formula is C17H24FN3O. The van der Waals surface area contributed by atoms with Gasteiger partial charge in [-0.1, -0.05) is 12.1 Å². The van der Waals surface area contributed by atoms with Gasteiger partial charge in [0.1, 0.15) is 6.17 Å². The number of H-pyrrole nitrogens is 1. The zero-order chi connectivity index (χ0) is 16.1. The molecule has 0 spiro atoms. The minimum atomic E-state index is -0.913. The van der Waals surface area contributed by atoms with Gasteiger partial charge in [0.25, 0.3) is 0 Å². The van der Waals surface area contributed by atoms with Crippen molar-refractivity contribution in [2.45, 2.75) is 44.8 Å². The number of hydrogen-bond donors (Lipinski definition) is 1. The van der Waals surface area contributed by atoms with E-state index >= 15 is 0 Å². The fourth-order valence-corrected chi connectivity index (χ4v) is 3.50. The average Bonchev–Trinajstić information content (AvgIpc) is 2.73. The van der Waals surface area contributed by atoms with E-state index < -0.39 is 6.17 Å². The predicted octanol–water partition coefficient (Wildman–Crippen LogP) is 2.79. The number of aromatic amines is 1. The highest BCUT2D eigenvalue weighted by Crippen LogP contribution is 2.35. The summed E-state index contributed by atoms with van der Waals surface area (Å²) < 4.78 is 16.4. The van der Waals surface area contributed by atoms with Gasteiger partial charge >= 0.3 is 5.69 Å². The Morgan fingerprint density at radius 3 is 2.68 bits per heavy atom. The molecule has 0 aliphatic carbocycles. The molecule has 0 bridgehead atoms. The lowest BCUT2D eigenvalue weighted by atomic mass is 9.85. The molecule has 3 rings (SSSR count). The van der Waals surface area contributed by atoms with Crippen LogP contribution in [-0.4, -0.2) is 39.3 Å². The van der Waals surface area contributed by atoms with Crippen LogP contribution < -0.4 is 5.69 Å². The van der Waals surface area contributed by atoms with Gasteiger partial charge in [-0.15, -0.1) is 0 Å². The molecule has 0 radical (unpaired) electrons. The van der Waals surface area contributed by atoms with Gasteiger partial charge in [-0.3, -0.25) is 9.47 Å². The first-order valence-corrected chi connectivity index (χ1v) is 7.86. The van der Waals surface area contributed by atoms with Crippen LogP contribution in [0.1, 0.15) is 38.7 Å². The molecule has 1 aliphatic heterocycles. The van der Waals surface area contributed by atoms with Crippen LogP contribution in [0.25, 0.3) is 11.0 Å². The predicted molar refractivity (Wildman–Crippen MR) is 87.1 cm³/mol. The van der Waals surface area contributed by atoms with Gasteiger partial charge in [-0.05, 0) is 45.4 Å². The summed E-state index contributed by atoms with van der Waals surface area (Å²) in [5, 5.41) is 0. The van der Waals surface area contributed by atoms with Crippen LogP contribution in [0.15, 0.2) is 23.0 Å². The Bertz CT molecular complexity index is 740. The third-order valence-electron chi connectivity index (χ3n) is 4.84. The van der Waals surface area contributed by atoms with E-state index in [0.29, 0.717) is 6.54 Å². The van der Waals surface area contributed by atoms with E-state index in [9.17, 15) is 9.18 Å². The van der Waals surface area contributed by atoms with Crippen LogP contribution in [0, 0.1) is 0 Å². The maximum absolute atomic E-state index is 14.8. The van der Waals surface area contributed by atoms with Gasteiger partial charge in [0.05, 0.1) is 11.0 Å². The highest BCUT2D eigenvalue weighted by atomic mass is 19.1. The summed E-state index contributed by atoms with van der Waals surface area (Å²) in [6, 6.07) is 5.73. The van der Waals surface area contributed by atoms with E-state index in [0.717, 1.165) is 29.6 Å². The van der Waals surface area contributed by atoms with Crippen LogP contribution in [0.4, 0.5) is 4.39 Å². The van der Waals surface area contributed by atoms with Crippen molar-refractivity contribution >= 4 is 11.0 Å². The van der Waals surface area contributed by atoms with E-state index in [-0.39, 0.29) is 17.1 Å². The van der Waals surface area contributed by atoms with E-state index in [2.05, 4.69) is 30.7 Å². The molecule has 1 aromatic carbocycles. The number of halogens is 1. The summed E-state index contributed by atoms with van der Waals surface area (Å²) in [6.45, 7) is 7.69. The Morgan fingerprint density at radius 2 is 2.05 bits per heavy atom. The minimum absolute atomic E-state index is 0.0116. The Morgan fingerprint density at radius 1 is 1.32 bits per heavy atom. The van der Waals surface area contributed by atoms with Gasteiger partial charge in [-0.2, -0.15) is 0 Å². The maximum atomic E-state index is 14.8. The second-order valence-electron chi connectivity index (χ2n) is 7.26. The van der Waals surface area contributed by atoms with Crippen molar-refractivity contribution < 1.29 is 4.39 Å². The van der Waals surface area contributed by atoms with Crippen LogP contribution in [-0.2, 0) is 7.05 Å². The highest BCUT2D eigenvalue weighted by molar-refractivity contribution is 5.79. The van der Waals surface area contributed by atoms with Crippen molar-refractivity contribution in [2.75, 3.05) is 13.1 Å². The van der Waals surface area contributed by atoms with Gasteiger partial charge in [0, 0.05) is 25.0 Å². The Kier molecular flexibility index (Phi) is 3.63. The highest BCUT2D eigenvalue weighted by Gasteiger charge is 2.35. The van der Waals surface area contributed by atoms with Gasteiger partial charge in [-0.25, -0.2) is 9.18 Å². The first kappa shape index (κ1) is 15.3. The van der Waals surface area contributed by atoms with E-state index in [4.69, 9.17) is 0 Å². The first-order chi connectivity index (χ1) is 10.3. The summed E-state index contributed by atoms with van der Waals surface area (Å²) >= 11 is 0. The molecule has 2 heterocycles. The third-order valence-corrected chi connectivity index (χ3v) is 4.84. The van der Waals surface area contributed by atoms with Crippen LogP contribution in [0.3, 0.4) is 0 Å². The molecule has 120 valence electrons. The number of nitrogens with one attached hydrogen (secondary N) is 1. The van der Waals surface area contributed by atoms with Crippen molar-refractivity contribution in [2.24, 2.45) is 7.05 Å². The first-order valence-electron chi connectivity index (χ1n) is 7.86. The quantitative estimate of drug-likeness (QED) is 0.880. The molecule has 1 saturated heterocycles. The lowest BCUT2D eigenvalue weighted by molar-refractivity contribution is 0.0497. The molecular weight excluding hydrogens is 281 g/mol. The molecule has 5 heteroatoms. The van der Waals surface area contributed by atoms with E-state index in [1.807, 2.05) is 18.2 Å². The molecule has 0 amide bonds. The summed E-state index contributed by atoms with van der Waals surface area (Å²) in [7, 11) is 1.74. The number of piperidine rings is 1. The number of rotatable bonds is 1. The second kappa shape index (κ2) is 5.23. The number of para-hydroxylation sites is 1. The number of imidazole rings is 1. The molecule has 4 nitrogen and oxygen atoms in total. The number of aryl methyl sites for hydroxylation is 1. The minimum Gasteiger partial charge on any atom is -0.306 e. The van der Waals surface area contributed by atoms with E-state index in [1.54, 1.807) is 11.6 Å². The fourth-order valence-electron chi connectivity index (χ4n) is 3.50. The number of alkyl halides is 1. The molecule has 1 aliphatic rings. The molecule has 22 heavy (non-hydrogen) atoms. The monoisotopic (exact) mass is 305 g/mol. The van der Waals surface area contributed by atoms with Crippen molar-refractivity contribution in [1.29, 1.82) is 0 Å². The summed E-state index contributed by atoms with van der Waals surface area (Å²) in [5.41, 5.74) is 2.41. The number of benzene rings is 1. The number of aromatic nitrogens is 2. The molecule has 1 aromatic heterocycles. The zero-order valence-electron chi connectivity index (χ0n) is 13.7. The van der Waals surface area contributed by atoms with Crippen molar-refractivity contribution in [3.05, 3.63) is 34.2 Å². The lowest BCUT2D eigenvalue weighted by Gasteiger charge is -2.42. The average molecular weight is 305 g/mol. The molecule has 0 saturated carbocycles. The Labute approximate surface area is 129 Å². The topological polar surface area (TPSA) is 41.0 Å². The second-order valence-corrected chi connectivity index (χ2v) is 7.26. The van der Waals surface area contributed by atoms with Crippen LogP contribution >= 0.6 is 0 Å². The summed E-state index contributed by atoms with van der Waals surface area (Å²) in [4.78, 5) is 16.9. The number of hydrogen-bond acceptors (Lipinski definition) is 2. The van der Waals surface area contributed by atoms with E-state index in [1.165, 1.54) is 0 Å². The summed E-state index contributed by atoms with van der Waals surface area (Å²) in [6.07, 6.45) is -0.139. The SMILES string of the molecule is Cn1c(=O)[nH]c2cccc([C@@H]3CCN(C(C)(C)C)C[C@H]3F)c21. The number of likely N-dealkylation sites (tertiary alicyclic amines) is 1. The number of fused-ring (bicyclic) bond motifs is 1. The maximum Gasteiger partial charge on any atom is 0.326 e. The lowest BCUT2D eigenvalue weighted by Crippen LogP contribution is -2.50. The molecule has 2 aromatic rings. The fraction of sp³-hybridized carbons (Fsp3) is 0.588. The zero-order valence-corrected chi connectivity index (χ0v) is 13.7. The molecule has 2 atom stereocenters. The van der Waals surface area contributed by atoms with Gasteiger partial charge in [0.15, 0.2) is 0 Å². The van der Waals surface area contributed by atoms with Crippen LogP contribution in [0.2, 0.25) is 0 Å². The van der Waals surface area contributed by atoms with Gasteiger partial charge in [0.2, 0.25) is 0 Å². The smallest absolute Gasteiger partial charge is 0.306 e. The Hall–Kier alpha value is -1.62. The molecule has 0 unspecified atom stereocenters. The van der Waals surface area contributed by atoms with Crippen LogP contribution in [0.5, 0.6) is 0 Å². The van der Waals surface area contributed by atoms with Gasteiger partial charge < -0.3 is 4.98 Å².